The standard InChI is InChI=1S/C22H16Cl2N2O2S/c23-16-8-9-19(24)15(10-16)11-17-12-25-22(29-17)26-21(27)13-28-20-7-3-5-14-4-1-2-6-18(14)20/h1-10,12H,11,13H2,(H,25,26,27). The molecule has 0 saturated heterocycles. The smallest absolute Gasteiger partial charge is 0.264 e. The van der Waals surface area contributed by atoms with Crippen molar-refractivity contribution in [2.75, 3.05) is 11.9 Å². The molecular formula is C22H16Cl2N2O2S. The van der Waals surface area contributed by atoms with E-state index in [1.807, 2.05) is 48.5 Å². The van der Waals surface area contributed by atoms with Gasteiger partial charge in [0.05, 0.1) is 0 Å². The molecule has 0 radical (unpaired) electrons. The predicted octanol–water partition coefficient (Wildman–Crippen LogP) is 6.21. The van der Waals surface area contributed by atoms with Gasteiger partial charge in [-0.15, -0.1) is 11.3 Å². The van der Waals surface area contributed by atoms with Crippen LogP contribution in [0.15, 0.2) is 66.9 Å². The number of benzene rings is 3. The Morgan fingerprint density at radius 1 is 1.07 bits per heavy atom. The number of halogens is 2. The molecule has 1 N–H and O–H groups in total. The Hall–Kier alpha value is -2.60. The number of ether oxygens (including phenoxy) is 1. The van der Waals surface area contributed by atoms with Crippen LogP contribution < -0.4 is 10.1 Å². The second-order valence-electron chi connectivity index (χ2n) is 6.36. The molecule has 0 fully saturated rings. The van der Waals surface area contributed by atoms with Crippen molar-refractivity contribution in [2.45, 2.75) is 6.42 Å². The molecule has 7 heteroatoms. The molecule has 0 unspecified atom stereocenters. The van der Waals surface area contributed by atoms with Crippen LogP contribution in [-0.2, 0) is 11.2 Å². The van der Waals surface area contributed by atoms with Crippen molar-refractivity contribution >= 4 is 56.3 Å². The lowest BCUT2D eigenvalue weighted by Crippen LogP contribution is -2.20. The number of anilines is 1. The fraction of sp³-hybridized carbons (Fsp3) is 0.0909. The number of nitrogens with one attached hydrogen (secondary N) is 1. The Bertz CT molecular complexity index is 1170. The minimum atomic E-state index is -0.264. The summed E-state index contributed by atoms with van der Waals surface area (Å²) >= 11 is 13.6. The van der Waals surface area contributed by atoms with E-state index in [4.69, 9.17) is 27.9 Å². The van der Waals surface area contributed by atoms with E-state index in [1.165, 1.54) is 11.3 Å². The van der Waals surface area contributed by atoms with E-state index in [9.17, 15) is 4.79 Å². The van der Waals surface area contributed by atoms with Gasteiger partial charge in [-0.2, -0.15) is 0 Å². The number of carbonyl (C=O) groups is 1. The number of rotatable bonds is 6. The number of amides is 1. The molecule has 0 saturated carbocycles. The van der Waals surface area contributed by atoms with Crippen LogP contribution in [0, 0.1) is 0 Å². The third-order valence-electron chi connectivity index (χ3n) is 4.28. The van der Waals surface area contributed by atoms with Crippen molar-refractivity contribution in [1.29, 1.82) is 0 Å². The van der Waals surface area contributed by atoms with Crippen LogP contribution in [0.1, 0.15) is 10.4 Å². The molecule has 0 aliphatic rings. The van der Waals surface area contributed by atoms with E-state index in [-0.39, 0.29) is 12.5 Å². The molecule has 4 nitrogen and oxygen atoms in total. The minimum Gasteiger partial charge on any atom is -0.483 e. The maximum Gasteiger partial charge on any atom is 0.264 e. The minimum absolute atomic E-state index is 0.0942. The second-order valence-corrected chi connectivity index (χ2v) is 8.32. The Kier molecular flexibility index (Phi) is 6.00. The number of thiazole rings is 1. The largest absolute Gasteiger partial charge is 0.483 e. The first-order valence-corrected chi connectivity index (χ1v) is 10.4. The summed E-state index contributed by atoms with van der Waals surface area (Å²) in [7, 11) is 0. The lowest BCUT2D eigenvalue weighted by molar-refractivity contribution is -0.118. The van der Waals surface area contributed by atoms with Gasteiger partial charge in [0, 0.05) is 32.9 Å². The quantitative estimate of drug-likeness (QED) is 0.385. The summed E-state index contributed by atoms with van der Waals surface area (Å²) in [6.07, 6.45) is 2.32. The predicted molar refractivity (Wildman–Crippen MR) is 119 cm³/mol. The lowest BCUT2D eigenvalue weighted by Gasteiger charge is -2.08. The monoisotopic (exact) mass is 442 g/mol. The van der Waals surface area contributed by atoms with Gasteiger partial charge < -0.3 is 4.74 Å². The molecule has 4 rings (SSSR count). The summed E-state index contributed by atoms with van der Waals surface area (Å²) in [6.45, 7) is -0.0942. The summed E-state index contributed by atoms with van der Waals surface area (Å²) in [5, 5.41) is 6.61. The number of hydrogen-bond donors (Lipinski definition) is 1. The maximum atomic E-state index is 12.3. The Morgan fingerprint density at radius 2 is 1.90 bits per heavy atom. The highest BCUT2D eigenvalue weighted by Gasteiger charge is 2.11. The molecule has 29 heavy (non-hydrogen) atoms. The van der Waals surface area contributed by atoms with Crippen LogP contribution in [0.2, 0.25) is 10.0 Å². The SMILES string of the molecule is O=C(COc1cccc2ccccc12)Nc1ncc(Cc2cc(Cl)ccc2Cl)s1. The summed E-state index contributed by atoms with van der Waals surface area (Å²) in [6, 6.07) is 19.0. The molecule has 1 heterocycles. The molecule has 0 aliphatic carbocycles. The van der Waals surface area contributed by atoms with E-state index >= 15 is 0 Å². The number of aromatic nitrogens is 1. The van der Waals surface area contributed by atoms with Crippen LogP contribution in [0.4, 0.5) is 5.13 Å². The molecule has 0 aliphatic heterocycles. The summed E-state index contributed by atoms with van der Waals surface area (Å²) < 4.78 is 5.72. The average Bonchev–Trinajstić information content (AvgIpc) is 3.16. The molecule has 1 amide bonds. The average molecular weight is 443 g/mol. The topological polar surface area (TPSA) is 51.2 Å². The first-order valence-electron chi connectivity index (χ1n) is 8.87. The highest BCUT2D eigenvalue weighted by molar-refractivity contribution is 7.15. The third kappa shape index (κ3) is 4.88. The van der Waals surface area contributed by atoms with E-state index in [2.05, 4.69) is 10.3 Å². The zero-order valence-corrected chi connectivity index (χ0v) is 17.5. The van der Waals surface area contributed by atoms with Gasteiger partial charge in [-0.25, -0.2) is 4.98 Å². The van der Waals surface area contributed by atoms with Crippen molar-refractivity contribution < 1.29 is 9.53 Å². The third-order valence-corrected chi connectivity index (χ3v) is 5.80. The molecule has 4 aromatic rings. The van der Waals surface area contributed by atoms with Crippen LogP contribution in [-0.4, -0.2) is 17.5 Å². The molecule has 0 spiro atoms. The molecular weight excluding hydrogens is 427 g/mol. The van der Waals surface area contributed by atoms with Crippen LogP contribution in [0.5, 0.6) is 5.75 Å². The highest BCUT2D eigenvalue weighted by Crippen LogP contribution is 2.27. The maximum absolute atomic E-state index is 12.3. The van der Waals surface area contributed by atoms with Gasteiger partial charge in [-0.1, -0.05) is 59.6 Å². The fourth-order valence-electron chi connectivity index (χ4n) is 2.93. The Labute approximate surface area is 182 Å². The van der Waals surface area contributed by atoms with E-state index in [0.29, 0.717) is 27.3 Å². The molecule has 0 bridgehead atoms. The van der Waals surface area contributed by atoms with Crippen molar-refractivity contribution in [1.82, 2.24) is 4.98 Å². The number of hydrogen-bond acceptors (Lipinski definition) is 4. The van der Waals surface area contributed by atoms with Crippen molar-refractivity contribution in [3.8, 4) is 5.75 Å². The van der Waals surface area contributed by atoms with E-state index in [1.54, 1.807) is 18.3 Å². The Morgan fingerprint density at radius 3 is 2.79 bits per heavy atom. The van der Waals surface area contributed by atoms with Crippen LogP contribution in [0.3, 0.4) is 0 Å². The Balaban J connectivity index is 1.37. The fourth-order valence-corrected chi connectivity index (χ4v) is 4.16. The van der Waals surface area contributed by atoms with E-state index < -0.39 is 0 Å². The molecule has 3 aromatic carbocycles. The first kappa shape index (κ1) is 19.7. The van der Waals surface area contributed by atoms with Gasteiger partial charge in [-0.05, 0) is 35.2 Å². The molecule has 0 atom stereocenters. The highest BCUT2D eigenvalue weighted by atomic mass is 35.5. The van der Waals surface area contributed by atoms with Crippen LogP contribution in [0.25, 0.3) is 10.8 Å². The lowest BCUT2D eigenvalue weighted by atomic mass is 10.1. The summed E-state index contributed by atoms with van der Waals surface area (Å²) in [5.74, 6) is 0.410. The van der Waals surface area contributed by atoms with Gasteiger partial charge in [0.1, 0.15) is 5.75 Å². The van der Waals surface area contributed by atoms with Gasteiger partial charge in [0.15, 0.2) is 11.7 Å². The number of nitrogens with zero attached hydrogens (tertiary/aromatic N) is 1. The second kappa shape index (κ2) is 8.82. The normalized spacial score (nSPS) is 10.8. The first-order chi connectivity index (χ1) is 14.1. The van der Waals surface area contributed by atoms with Crippen molar-refractivity contribution in [2.24, 2.45) is 0 Å². The molecule has 146 valence electrons. The van der Waals surface area contributed by atoms with Gasteiger partial charge >= 0.3 is 0 Å². The summed E-state index contributed by atoms with van der Waals surface area (Å²) in [4.78, 5) is 17.5. The van der Waals surface area contributed by atoms with Gasteiger partial charge in [0.25, 0.3) is 5.91 Å². The van der Waals surface area contributed by atoms with Gasteiger partial charge in [-0.3, -0.25) is 10.1 Å². The molecule has 1 aromatic heterocycles. The zero-order chi connectivity index (χ0) is 20.2. The van der Waals surface area contributed by atoms with E-state index in [0.717, 1.165) is 21.2 Å². The van der Waals surface area contributed by atoms with Gasteiger partial charge in [0.2, 0.25) is 0 Å². The zero-order valence-electron chi connectivity index (χ0n) is 15.2. The van der Waals surface area contributed by atoms with Crippen molar-refractivity contribution in [3.63, 3.8) is 0 Å². The van der Waals surface area contributed by atoms with Crippen LogP contribution >= 0.6 is 34.5 Å². The summed E-state index contributed by atoms with van der Waals surface area (Å²) in [5.41, 5.74) is 0.917. The number of fused-ring (bicyclic) bond motifs is 1. The number of carbonyl (C=O) groups excluding carboxylic acids is 1. The van der Waals surface area contributed by atoms with Crippen molar-refractivity contribution in [3.05, 3.63) is 87.3 Å².